The summed E-state index contributed by atoms with van der Waals surface area (Å²) in [5, 5.41) is 3.45. The molecule has 1 saturated carbocycles. The van der Waals surface area contributed by atoms with Crippen molar-refractivity contribution in [1.29, 1.82) is 0 Å². The fourth-order valence-corrected chi connectivity index (χ4v) is 2.89. The van der Waals surface area contributed by atoms with Crippen LogP contribution in [0.5, 0.6) is 0 Å². The molecule has 2 rings (SSSR count). The number of nitrogens with two attached hydrogens (primary N) is 1. The molecule has 0 saturated heterocycles. The molecule has 1 aromatic rings. The van der Waals surface area contributed by atoms with Crippen molar-refractivity contribution in [3.05, 3.63) is 22.3 Å². The highest BCUT2D eigenvalue weighted by molar-refractivity contribution is 9.10. The van der Waals surface area contributed by atoms with Gasteiger partial charge in [-0.15, -0.1) is 0 Å². The summed E-state index contributed by atoms with van der Waals surface area (Å²) in [6.45, 7) is 3.77. The van der Waals surface area contributed by atoms with E-state index in [0.717, 1.165) is 23.4 Å². The van der Waals surface area contributed by atoms with E-state index < -0.39 is 0 Å². The van der Waals surface area contributed by atoms with Gasteiger partial charge in [0.15, 0.2) is 0 Å². The molecule has 1 heterocycles. The second kappa shape index (κ2) is 5.36. The number of halogens is 1. The summed E-state index contributed by atoms with van der Waals surface area (Å²) >= 11 is 3.57. The first-order valence-electron chi connectivity index (χ1n) is 6.22. The lowest BCUT2D eigenvalue weighted by Gasteiger charge is -2.27. The van der Waals surface area contributed by atoms with Gasteiger partial charge >= 0.3 is 0 Å². The van der Waals surface area contributed by atoms with Gasteiger partial charge in [0, 0.05) is 12.7 Å². The van der Waals surface area contributed by atoms with E-state index in [4.69, 9.17) is 5.73 Å². The summed E-state index contributed by atoms with van der Waals surface area (Å²) < 4.78 is 1.06. The summed E-state index contributed by atoms with van der Waals surface area (Å²) in [6.07, 6.45) is 6.93. The molecule has 17 heavy (non-hydrogen) atoms. The predicted octanol–water partition coefficient (Wildman–Crippen LogP) is 3.08. The van der Waals surface area contributed by atoms with E-state index in [1.165, 1.54) is 31.2 Å². The van der Waals surface area contributed by atoms with E-state index in [2.05, 4.69) is 33.2 Å². The number of pyridine rings is 1. The Morgan fingerprint density at radius 2 is 2.18 bits per heavy atom. The lowest BCUT2D eigenvalue weighted by molar-refractivity contribution is 0.332. The smallest absolute Gasteiger partial charge is 0.140 e. The standard InChI is InChI=1S/C13H20BrN3/c1-10-4-7-16-12(11(10)14)17-9-13(8-15)5-2-3-6-13/h4,7H,2-3,5-6,8-9,15H2,1H3,(H,16,17). The quantitative estimate of drug-likeness (QED) is 0.898. The highest BCUT2D eigenvalue weighted by Crippen LogP contribution is 2.37. The molecule has 94 valence electrons. The first-order chi connectivity index (χ1) is 8.17. The maximum absolute atomic E-state index is 5.93. The van der Waals surface area contributed by atoms with Gasteiger partial charge in [0.25, 0.3) is 0 Å². The van der Waals surface area contributed by atoms with Crippen molar-refractivity contribution in [2.45, 2.75) is 32.6 Å². The molecule has 0 atom stereocenters. The number of aryl methyl sites for hydroxylation is 1. The minimum Gasteiger partial charge on any atom is -0.369 e. The topological polar surface area (TPSA) is 50.9 Å². The van der Waals surface area contributed by atoms with Crippen LogP contribution in [0, 0.1) is 12.3 Å². The molecule has 1 fully saturated rings. The van der Waals surface area contributed by atoms with Crippen molar-refractivity contribution >= 4 is 21.7 Å². The van der Waals surface area contributed by atoms with Crippen LogP contribution >= 0.6 is 15.9 Å². The third-order valence-corrected chi connectivity index (χ3v) is 4.81. The molecule has 0 aromatic carbocycles. The molecule has 3 N–H and O–H groups in total. The van der Waals surface area contributed by atoms with Crippen LogP contribution < -0.4 is 11.1 Å². The van der Waals surface area contributed by atoms with Crippen LogP contribution in [0.2, 0.25) is 0 Å². The van der Waals surface area contributed by atoms with Crippen molar-refractivity contribution in [3.8, 4) is 0 Å². The molecule has 1 aromatic heterocycles. The minimum absolute atomic E-state index is 0.283. The molecule has 0 amide bonds. The Balaban J connectivity index is 2.04. The van der Waals surface area contributed by atoms with Crippen LogP contribution in [-0.4, -0.2) is 18.1 Å². The lowest BCUT2D eigenvalue weighted by atomic mass is 9.86. The zero-order valence-electron chi connectivity index (χ0n) is 10.3. The van der Waals surface area contributed by atoms with E-state index in [1.807, 2.05) is 12.3 Å². The minimum atomic E-state index is 0.283. The van der Waals surface area contributed by atoms with Crippen molar-refractivity contribution in [2.24, 2.45) is 11.1 Å². The molecule has 0 spiro atoms. The van der Waals surface area contributed by atoms with E-state index in [1.54, 1.807) is 0 Å². The average molecular weight is 298 g/mol. The lowest BCUT2D eigenvalue weighted by Crippen LogP contribution is -2.34. The fourth-order valence-electron chi connectivity index (χ4n) is 2.51. The molecule has 1 aliphatic rings. The van der Waals surface area contributed by atoms with Crippen LogP contribution in [0.25, 0.3) is 0 Å². The fraction of sp³-hybridized carbons (Fsp3) is 0.615. The van der Waals surface area contributed by atoms with Crippen LogP contribution in [-0.2, 0) is 0 Å². The van der Waals surface area contributed by atoms with Gasteiger partial charge in [-0.1, -0.05) is 12.8 Å². The largest absolute Gasteiger partial charge is 0.369 e. The van der Waals surface area contributed by atoms with E-state index in [9.17, 15) is 0 Å². The van der Waals surface area contributed by atoms with Gasteiger partial charge in [0.2, 0.25) is 0 Å². The monoisotopic (exact) mass is 297 g/mol. The van der Waals surface area contributed by atoms with E-state index in [-0.39, 0.29) is 5.41 Å². The van der Waals surface area contributed by atoms with Gasteiger partial charge in [-0.25, -0.2) is 4.98 Å². The van der Waals surface area contributed by atoms with Crippen LogP contribution in [0.15, 0.2) is 16.7 Å². The third-order valence-electron chi connectivity index (χ3n) is 3.81. The number of nitrogens with zero attached hydrogens (tertiary/aromatic N) is 1. The number of hydrogen-bond acceptors (Lipinski definition) is 3. The number of anilines is 1. The molecule has 3 nitrogen and oxygen atoms in total. The zero-order valence-corrected chi connectivity index (χ0v) is 11.9. The summed E-state index contributed by atoms with van der Waals surface area (Å²) in [7, 11) is 0. The van der Waals surface area contributed by atoms with Crippen molar-refractivity contribution in [1.82, 2.24) is 4.98 Å². The summed E-state index contributed by atoms with van der Waals surface area (Å²) in [6, 6.07) is 2.00. The SMILES string of the molecule is Cc1ccnc(NCC2(CN)CCCC2)c1Br. The third kappa shape index (κ3) is 2.80. The van der Waals surface area contributed by atoms with Gasteiger partial charge in [0.05, 0.1) is 4.47 Å². The molecule has 0 radical (unpaired) electrons. The zero-order chi connectivity index (χ0) is 12.3. The Morgan fingerprint density at radius 1 is 1.47 bits per heavy atom. The van der Waals surface area contributed by atoms with E-state index in [0.29, 0.717) is 0 Å². The number of nitrogens with one attached hydrogen (secondary N) is 1. The molecule has 0 aliphatic heterocycles. The second-order valence-electron chi connectivity index (χ2n) is 5.06. The highest BCUT2D eigenvalue weighted by Gasteiger charge is 2.32. The maximum Gasteiger partial charge on any atom is 0.140 e. The van der Waals surface area contributed by atoms with Crippen molar-refractivity contribution in [2.75, 3.05) is 18.4 Å². The maximum atomic E-state index is 5.93. The summed E-state index contributed by atoms with van der Waals surface area (Å²) in [5.41, 5.74) is 7.42. The first kappa shape index (κ1) is 12.8. The number of aromatic nitrogens is 1. The predicted molar refractivity (Wildman–Crippen MR) is 75.1 cm³/mol. The van der Waals surface area contributed by atoms with Gasteiger partial charge in [-0.05, 0) is 59.3 Å². The van der Waals surface area contributed by atoms with Crippen LogP contribution in [0.3, 0.4) is 0 Å². The highest BCUT2D eigenvalue weighted by atomic mass is 79.9. The van der Waals surface area contributed by atoms with Crippen LogP contribution in [0.4, 0.5) is 5.82 Å². The Kier molecular flexibility index (Phi) is 4.05. The number of hydrogen-bond donors (Lipinski definition) is 2. The molecule has 1 aliphatic carbocycles. The molecule has 0 unspecified atom stereocenters. The van der Waals surface area contributed by atoms with Crippen molar-refractivity contribution < 1.29 is 0 Å². The molecule has 0 bridgehead atoms. The second-order valence-corrected chi connectivity index (χ2v) is 5.85. The Hall–Kier alpha value is -0.610. The average Bonchev–Trinajstić information content (AvgIpc) is 2.81. The molecular formula is C13H20BrN3. The van der Waals surface area contributed by atoms with Crippen molar-refractivity contribution in [3.63, 3.8) is 0 Å². The molecular weight excluding hydrogens is 278 g/mol. The summed E-state index contributed by atoms with van der Waals surface area (Å²) in [5.74, 6) is 0.935. The number of rotatable bonds is 4. The van der Waals surface area contributed by atoms with Crippen LogP contribution in [0.1, 0.15) is 31.2 Å². The Labute approximate surface area is 111 Å². The van der Waals surface area contributed by atoms with Gasteiger partial charge < -0.3 is 11.1 Å². The Bertz CT molecular complexity index is 386. The van der Waals surface area contributed by atoms with Gasteiger partial charge in [0.1, 0.15) is 5.82 Å². The van der Waals surface area contributed by atoms with Gasteiger partial charge in [-0.3, -0.25) is 0 Å². The first-order valence-corrected chi connectivity index (χ1v) is 7.01. The van der Waals surface area contributed by atoms with E-state index >= 15 is 0 Å². The van der Waals surface area contributed by atoms with Gasteiger partial charge in [-0.2, -0.15) is 0 Å². The molecule has 4 heteroatoms. The Morgan fingerprint density at radius 3 is 2.82 bits per heavy atom. The normalized spacial score (nSPS) is 18.3. The summed E-state index contributed by atoms with van der Waals surface area (Å²) in [4.78, 5) is 4.37.